The van der Waals surface area contributed by atoms with E-state index in [0.29, 0.717) is 6.42 Å². The fourth-order valence-corrected chi connectivity index (χ4v) is 1.68. The van der Waals surface area contributed by atoms with Gasteiger partial charge >= 0.3 is 0 Å². The molecule has 0 saturated heterocycles. The molecule has 0 aromatic carbocycles. The number of aliphatic hydroxyl groups is 1. The predicted octanol–water partition coefficient (Wildman–Crippen LogP) is 1.42. The molecule has 0 amide bonds. The quantitative estimate of drug-likeness (QED) is 0.563. The number of hydrogen-bond donors (Lipinski definition) is 1. The van der Waals surface area contributed by atoms with Crippen LogP contribution in [0.3, 0.4) is 0 Å². The average molecular weight is 219 g/mol. The van der Waals surface area contributed by atoms with Crippen molar-refractivity contribution >= 4 is 21.7 Å². The summed E-state index contributed by atoms with van der Waals surface area (Å²) >= 11 is 3.04. The number of allylic oxidation sites excluding steroid dienone is 1. The van der Waals surface area contributed by atoms with E-state index in [0.717, 1.165) is 12.8 Å². The summed E-state index contributed by atoms with van der Waals surface area (Å²) in [5.41, 5.74) is -1.18. The lowest BCUT2D eigenvalue weighted by molar-refractivity contribution is -0.130. The number of rotatable bonds is 2. The Morgan fingerprint density at radius 2 is 2.45 bits per heavy atom. The van der Waals surface area contributed by atoms with Crippen molar-refractivity contribution in [2.24, 2.45) is 0 Å². The fourth-order valence-electron chi connectivity index (χ4n) is 1.20. The first-order chi connectivity index (χ1) is 5.19. The number of hydrogen-bond acceptors (Lipinski definition) is 2. The zero-order valence-electron chi connectivity index (χ0n) is 6.22. The largest absolute Gasteiger partial charge is 0.378 e. The Labute approximate surface area is 74.4 Å². The highest BCUT2D eigenvalue weighted by atomic mass is 79.9. The first kappa shape index (κ1) is 8.94. The van der Waals surface area contributed by atoms with E-state index < -0.39 is 5.60 Å². The molecule has 0 radical (unpaired) electrons. The number of alkyl halides is 1. The topological polar surface area (TPSA) is 37.3 Å². The average Bonchev–Trinajstić information content (AvgIpc) is 2.04. The number of carbonyl (C=O) groups is 1. The molecular weight excluding hydrogens is 208 g/mol. The molecule has 0 aromatic heterocycles. The van der Waals surface area contributed by atoms with Crippen LogP contribution in [-0.2, 0) is 4.79 Å². The molecule has 1 unspecified atom stereocenters. The maximum atomic E-state index is 11.1. The zero-order valence-corrected chi connectivity index (χ0v) is 7.80. The zero-order chi connectivity index (χ0) is 8.32. The van der Waals surface area contributed by atoms with Gasteiger partial charge in [-0.25, -0.2) is 0 Å². The minimum Gasteiger partial charge on any atom is -0.378 e. The molecule has 0 aromatic rings. The second kappa shape index (κ2) is 3.50. The summed E-state index contributed by atoms with van der Waals surface area (Å²) in [7, 11) is 0. The second-order valence-electron chi connectivity index (χ2n) is 2.78. The first-order valence-corrected chi connectivity index (χ1v) is 4.80. The SMILES string of the molecule is O=C(CBr)C1(O)C=CCCC1. The molecule has 1 N–H and O–H groups in total. The Hall–Kier alpha value is -0.150. The van der Waals surface area contributed by atoms with Gasteiger partial charge in [-0.05, 0) is 25.3 Å². The molecule has 0 aliphatic heterocycles. The van der Waals surface area contributed by atoms with Crippen LogP contribution in [0.15, 0.2) is 12.2 Å². The number of halogens is 1. The maximum Gasteiger partial charge on any atom is 0.178 e. The molecule has 11 heavy (non-hydrogen) atoms. The molecule has 2 nitrogen and oxygen atoms in total. The Morgan fingerprint density at radius 1 is 1.73 bits per heavy atom. The van der Waals surface area contributed by atoms with E-state index in [1.54, 1.807) is 6.08 Å². The normalized spacial score (nSPS) is 30.4. The van der Waals surface area contributed by atoms with Gasteiger partial charge in [-0.1, -0.05) is 22.0 Å². The van der Waals surface area contributed by atoms with Crippen molar-refractivity contribution in [2.45, 2.75) is 24.9 Å². The van der Waals surface area contributed by atoms with Gasteiger partial charge in [0, 0.05) is 0 Å². The highest BCUT2D eigenvalue weighted by Crippen LogP contribution is 2.23. The summed E-state index contributed by atoms with van der Waals surface area (Å²) < 4.78 is 0. The van der Waals surface area contributed by atoms with Gasteiger partial charge in [0.2, 0.25) is 0 Å². The van der Waals surface area contributed by atoms with Gasteiger partial charge in [0.15, 0.2) is 5.78 Å². The van der Waals surface area contributed by atoms with Crippen molar-refractivity contribution in [1.82, 2.24) is 0 Å². The number of Topliss-reactive ketones (excluding diaryl/α,β-unsaturated/α-hetero) is 1. The van der Waals surface area contributed by atoms with Crippen LogP contribution in [-0.4, -0.2) is 21.8 Å². The van der Waals surface area contributed by atoms with Crippen LogP contribution < -0.4 is 0 Å². The van der Waals surface area contributed by atoms with Crippen molar-refractivity contribution in [3.8, 4) is 0 Å². The lowest BCUT2D eigenvalue weighted by Crippen LogP contribution is -2.38. The third-order valence-electron chi connectivity index (χ3n) is 1.93. The molecule has 1 aliphatic rings. The number of carbonyl (C=O) groups excluding carboxylic acids is 1. The van der Waals surface area contributed by atoms with Gasteiger partial charge in [0.25, 0.3) is 0 Å². The first-order valence-electron chi connectivity index (χ1n) is 3.68. The summed E-state index contributed by atoms with van der Waals surface area (Å²) in [5, 5.41) is 9.90. The van der Waals surface area contributed by atoms with Gasteiger partial charge in [0.05, 0.1) is 5.33 Å². The lowest BCUT2D eigenvalue weighted by atomic mass is 9.88. The minimum absolute atomic E-state index is 0.145. The van der Waals surface area contributed by atoms with E-state index >= 15 is 0 Å². The van der Waals surface area contributed by atoms with Crippen LogP contribution in [0.4, 0.5) is 0 Å². The highest BCUT2D eigenvalue weighted by molar-refractivity contribution is 9.09. The van der Waals surface area contributed by atoms with Crippen LogP contribution >= 0.6 is 15.9 Å². The molecule has 0 fully saturated rings. The Bertz CT molecular complexity index is 189. The van der Waals surface area contributed by atoms with Crippen LogP contribution in [0.25, 0.3) is 0 Å². The standard InChI is InChI=1S/C8H11BrO2/c9-6-7(10)8(11)4-2-1-3-5-8/h2,4,11H,1,3,5-6H2. The van der Waals surface area contributed by atoms with Crippen LogP contribution in [0.5, 0.6) is 0 Å². The van der Waals surface area contributed by atoms with Gasteiger partial charge < -0.3 is 5.11 Å². The van der Waals surface area contributed by atoms with E-state index in [2.05, 4.69) is 15.9 Å². The summed E-state index contributed by atoms with van der Waals surface area (Å²) in [5.74, 6) is -0.145. The second-order valence-corrected chi connectivity index (χ2v) is 3.34. The number of ketones is 1. The van der Waals surface area contributed by atoms with Crippen molar-refractivity contribution in [2.75, 3.05) is 5.33 Å². The molecule has 0 heterocycles. The molecule has 1 aliphatic carbocycles. The molecule has 0 bridgehead atoms. The summed E-state index contributed by atoms with van der Waals surface area (Å²) in [6, 6.07) is 0. The van der Waals surface area contributed by atoms with Crippen LogP contribution in [0.1, 0.15) is 19.3 Å². The van der Waals surface area contributed by atoms with Crippen molar-refractivity contribution < 1.29 is 9.90 Å². The monoisotopic (exact) mass is 218 g/mol. The van der Waals surface area contributed by atoms with Gasteiger partial charge in [0.1, 0.15) is 5.60 Å². The molecular formula is C8H11BrO2. The Morgan fingerprint density at radius 3 is 2.91 bits per heavy atom. The molecule has 62 valence electrons. The summed E-state index contributed by atoms with van der Waals surface area (Å²) in [6.07, 6.45) is 5.90. The van der Waals surface area contributed by atoms with Crippen molar-refractivity contribution in [3.05, 3.63) is 12.2 Å². The fraction of sp³-hybridized carbons (Fsp3) is 0.625. The van der Waals surface area contributed by atoms with Gasteiger partial charge in [-0.2, -0.15) is 0 Å². The smallest absolute Gasteiger partial charge is 0.178 e. The minimum atomic E-state index is -1.18. The molecule has 3 heteroatoms. The van der Waals surface area contributed by atoms with Crippen LogP contribution in [0, 0.1) is 0 Å². The maximum absolute atomic E-state index is 11.1. The molecule has 0 spiro atoms. The highest BCUT2D eigenvalue weighted by Gasteiger charge is 2.32. The van der Waals surface area contributed by atoms with Crippen LogP contribution in [0.2, 0.25) is 0 Å². The van der Waals surface area contributed by atoms with E-state index in [1.807, 2.05) is 6.08 Å². The van der Waals surface area contributed by atoms with E-state index in [4.69, 9.17) is 0 Å². The van der Waals surface area contributed by atoms with Gasteiger partial charge in [-0.15, -0.1) is 0 Å². The van der Waals surface area contributed by atoms with E-state index in [-0.39, 0.29) is 11.1 Å². The summed E-state index contributed by atoms with van der Waals surface area (Å²) in [4.78, 5) is 11.1. The van der Waals surface area contributed by atoms with Crippen molar-refractivity contribution in [3.63, 3.8) is 0 Å². The summed E-state index contributed by atoms with van der Waals surface area (Å²) in [6.45, 7) is 0. The van der Waals surface area contributed by atoms with E-state index in [9.17, 15) is 9.90 Å². The predicted molar refractivity (Wildman–Crippen MR) is 46.7 cm³/mol. The molecule has 1 rings (SSSR count). The third kappa shape index (κ3) is 1.91. The Kier molecular flexibility index (Phi) is 2.84. The third-order valence-corrected chi connectivity index (χ3v) is 2.44. The molecule has 0 saturated carbocycles. The van der Waals surface area contributed by atoms with E-state index in [1.165, 1.54) is 0 Å². The van der Waals surface area contributed by atoms with Gasteiger partial charge in [-0.3, -0.25) is 4.79 Å². The Balaban J connectivity index is 2.71. The van der Waals surface area contributed by atoms with Crippen molar-refractivity contribution in [1.29, 1.82) is 0 Å². The molecule has 1 atom stereocenters. The lowest BCUT2D eigenvalue weighted by Gasteiger charge is -2.24.